The largest absolute Gasteiger partial charge is 0.493 e. The second kappa shape index (κ2) is 5.76. The summed E-state index contributed by atoms with van der Waals surface area (Å²) in [7, 11) is 1.59. The van der Waals surface area contributed by atoms with Gasteiger partial charge in [-0.1, -0.05) is 6.07 Å². The zero-order chi connectivity index (χ0) is 13.0. The van der Waals surface area contributed by atoms with E-state index in [-0.39, 0.29) is 12.5 Å². The fourth-order valence-electron chi connectivity index (χ4n) is 2.28. The Labute approximate surface area is 107 Å². The summed E-state index contributed by atoms with van der Waals surface area (Å²) in [4.78, 5) is 10.7. The normalized spacial score (nSPS) is 15.6. The van der Waals surface area contributed by atoms with Gasteiger partial charge in [0.2, 0.25) is 0 Å². The van der Waals surface area contributed by atoms with Gasteiger partial charge in [-0.2, -0.15) is 0 Å². The van der Waals surface area contributed by atoms with Crippen LogP contribution >= 0.6 is 0 Å². The number of hydrogen-bond acceptors (Lipinski definition) is 3. The number of methoxy groups -OCH3 is 1. The van der Waals surface area contributed by atoms with Gasteiger partial charge in [0.25, 0.3) is 0 Å². The molecule has 18 heavy (non-hydrogen) atoms. The van der Waals surface area contributed by atoms with Gasteiger partial charge in [0.05, 0.1) is 19.6 Å². The fourth-order valence-corrected chi connectivity index (χ4v) is 2.28. The van der Waals surface area contributed by atoms with Gasteiger partial charge >= 0.3 is 5.97 Å². The van der Waals surface area contributed by atoms with Gasteiger partial charge in [-0.05, 0) is 43.4 Å². The topological polar surface area (TPSA) is 55.8 Å². The molecule has 1 aromatic rings. The van der Waals surface area contributed by atoms with Gasteiger partial charge < -0.3 is 14.6 Å². The van der Waals surface area contributed by atoms with E-state index in [0.29, 0.717) is 11.5 Å². The van der Waals surface area contributed by atoms with Crippen LogP contribution in [0.1, 0.15) is 31.2 Å². The Morgan fingerprint density at radius 3 is 2.67 bits per heavy atom. The van der Waals surface area contributed by atoms with Crippen molar-refractivity contribution < 1.29 is 19.4 Å². The number of ether oxygens (including phenoxy) is 2. The zero-order valence-electron chi connectivity index (χ0n) is 10.5. The second-order valence-electron chi connectivity index (χ2n) is 4.58. The number of benzene rings is 1. The Bertz CT molecular complexity index is 422. The third-order valence-electron chi connectivity index (χ3n) is 3.18. The summed E-state index contributed by atoms with van der Waals surface area (Å²) in [5, 5.41) is 8.80. The molecule has 1 aliphatic carbocycles. The lowest BCUT2D eigenvalue weighted by Gasteiger charge is -2.16. The molecule has 1 fully saturated rings. The van der Waals surface area contributed by atoms with E-state index in [1.165, 1.54) is 12.8 Å². The monoisotopic (exact) mass is 250 g/mol. The van der Waals surface area contributed by atoms with E-state index in [1.807, 2.05) is 0 Å². The highest BCUT2D eigenvalue weighted by atomic mass is 16.5. The highest BCUT2D eigenvalue weighted by Gasteiger charge is 2.18. The number of hydrogen-bond donors (Lipinski definition) is 1. The summed E-state index contributed by atoms with van der Waals surface area (Å²) in [6, 6.07) is 5.29. The molecule has 4 nitrogen and oxygen atoms in total. The lowest BCUT2D eigenvalue weighted by Crippen LogP contribution is -2.12. The molecule has 0 amide bonds. The average Bonchev–Trinajstić information content (AvgIpc) is 2.81. The molecule has 0 aromatic heterocycles. The molecular formula is C14H18O4. The third-order valence-corrected chi connectivity index (χ3v) is 3.18. The van der Waals surface area contributed by atoms with Crippen LogP contribution in [0.3, 0.4) is 0 Å². The van der Waals surface area contributed by atoms with Crippen LogP contribution in [0.15, 0.2) is 18.2 Å². The van der Waals surface area contributed by atoms with E-state index in [4.69, 9.17) is 14.6 Å². The van der Waals surface area contributed by atoms with Crippen LogP contribution in [-0.4, -0.2) is 24.3 Å². The smallest absolute Gasteiger partial charge is 0.307 e. The Kier molecular flexibility index (Phi) is 4.07. The van der Waals surface area contributed by atoms with E-state index in [1.54, 1.807) is 25.3 Å². The van der Waals surface area contributed by atoms with Crippen LogP contribution in [0.4, 0.5) is 0 Å². The molecule has 0 radical (unpaired) electrons. The van der Waals surface area contributed by atoms with Crippen molar-refractivity contribution in [3.63, 3.8) is 0 Å². The van der Waals surface area contributed by atoms with Gasteiger partial charge in [-0.3, -0.25) is 4.79 Å². The van der Waals surface area contributed by atoms with Gasteiger partial charge in [-0.15, -0.1) is 0 Å². The molecule has 4 heteroatoms. The van der Waals surface area contributed by atoms with Crippen LogP contribution in [0.25, 0.3) is 0 Å². The Morgan fingerprint density at radius 1 is 1.33 bits per heavy atom. The standard InChI is InChI=1S/C14H18O4/c1-17-12-7-6-10(9-14(15)16)8-13(12)18-11-4-2-3-5-11/h6-8,11H,2-5,9H2,1H3,(H,15,16). The third kappa shape index (κ3) is 3.15. The minimum atomic E-state index is -0.841. The molecule has 0 unspecified atom stereocenters. The van der Waals surface area contributed by atoms with Crippen molar-refractivity contribution in [1.82, 2.24) is 0 Å². The summed E-state index contributed by atoms with van der Waals surface area (Å²) >= 11 is 0. The van der Waals surface area contributed by atoms with Gasteiger partial charge in [0.1, 0.15) is 0 Å². The first kappa shape index (κ1) is 12.7. The van der Waals surface area contributed by atoms with Crippen molar-refractivity contribution >= 4 is 5.97 Å². The van der Waals surface area contributed by atoms with Crippen LogP contribution < -0.4 is 9.47 Å². The van der Waals surface area contributed by atoms with E-state index in [0.717, 1.165) is 18.4 Å². The number of carboxylic acid groups (broad SMARTS) is 1. The highest BCUT2D eigenvalue weighted by Crippen LogP contribution is 2.32. The quantitative estimate of drug-likeness (QED) is 0.872. The minimum absolute atomic E-state index is 0.00498. The van der Waals surface area contributed by atoms with Gasteiger partial charge in [0, 0.05) is 0 Å². The number of rotatable bonds is 5. The van der Waals surface area contributed by atoms with E-state index >= 15 is 0 Å². The predicted molar refractivity (Wildman–Crippen MR) is 67.2 cm³/mol. The molecule has 0 bridgehead atoms. The van der Waals surface area contributed by atoms with Crippen LogP contribution in [0.5, 0.6) is 11.5 Å². The van der Waals surface area contributed by atoms with Crippen molar-refractivity contribution in [2.75, 3.05) is 7.11 Å². The molecule has 0 saturated heterocycles. The van der Waals surface area contributed by atoms with E-state index in [2.05, 4.69) is 0 Å². The highest BCUT2D eigenvalue weighted by molar-refractivity contribution is 5.70. The molecule has 0 aliphatic heterocycles. The number of aliphatic carboxylic acids is 1. The lowest BCUT2D eigenvalue weighted by molar-refractivity contribution is -0.136. The summed E-state index contributed by atoms with van der Waals surface area (Å²) in [6.07, 6.45) is 4.76. The predicted octanol–water partition coefficient (Wildman–Crippen LogP) is 2.64. The summed E-state index contributed by atoms with van der Waals surface area (Å²) < 4.78 is 11.1. The second-order valence-corrected chi connectivity index (χ2v) is 4.58. The molecule has 2 rings (SSSR count). The van der Waals surface area contributed by atoms with Crippen LogP contribution in [-0.2, 0) is 11.2 Å². The van der Waals surface area contributed by atoms with Crippen molar-refractivity contribution in [1.29, 1.82) is 0 Å². The van der Waals surface area contributed by atoms with Crippen LogP contribution in [0.2, 0.25) is 0 Å². The van der Waals surface area contributed by atoms with Crippen molar-refractivity contribution in [3.05, 3.63) is 23.8 Å². The first-order valence-electron chi connectivity index (χ1n) is 6.24. The first-order chi connectivity index (χ1) is 8.69. The van der Waals surface area contributed by atoms with Crippen LogP contribution in [0, 0.1) is 0 Å². The van der Waals surface area contributed by atoms with Crippen molar-refractivity contribution in [3.8, 4) is 11.5 Å². The molecule has 1 aromatic carbocycles. The summed E-state index contributed by atoms with van der Waals surface area (Å²) in [5.41, 5.74) is 0.733. The van der Waals surface area contributed by atoms with Crippen molar-refractivity contribution in [2.45, 2.75) is 38.2 Å². The first-order valence-corrected chi connectivity index (χ1v) is 6.24. The summed E-state index contributed by atoms with van der Waals surface area (Å²) in [6.45, 7) is 0. The SMILES string of the molecule is COc1ccc(CC(=O)O)cc1OC1CCCC1. The Balaban J connectivity index is 2.15. The minimum Gasteiger partial charge on any atom is -0.493 e. The molecule has 98 valence electrons. The number of carboxylic acids is 1. The van der Waals surface area contributed by atoms with E-state index in [9.17, 15) is 4.79 Å². The summed E-state index contributed by atoms with van der Waals surface area (Å²) in [5.74, 6) is 0.478. The Hall–Kier alpha value is -1.71. The maximum Gasteiger partial charge on any atom is 0.307 e. The Morgan fingerprint density at radius 2 is 2.06 bits per heavy atom. The zero-order valence-corrected chi connectivity index (χ0v) is 10.5. The number of carbonyl (C=O) groups is 1. The molecule has 0 atom stereocenters. The molecule has 0 spiro atoms. The molecule has 1 aliphatic rings. The van der Waals surface area contributed by atoms with Gasteiger partial charge in [0.15, 0.2) is 11.5 Å². The maximum absolute atomic E-state index is 10.7. The average molecular weight is 250 g/mol. The lowest BCUT2D eigenvalue weighted by atomic mass is 10.1. The fraction of sp³-hybridized carbons (Fsp3) is 0.500. The maximum atomic E-state index is 10.7. The molecular weight excluding hydrogens is 232 g/mol. The van der Waals surface area contributed by atoms with Crippen molar-refractivity contribution in [2.24, 2.45) is 0 Å². The van der Waals surface area contributed by atoms with Gasteiger partial charge in [-0.25, -0.2) is 0 Å². The van der Waals surface area contributed by atoms with E-state index < -0.39 is 5.97 Å². The molecule has 1 N–H and O–H groups in total. The molecule has 1 saturated carbocycles. The molecule has 0 heterocycles.